The molecule has 3 aliphatic carbocycles. The lowest BCUT2D eigenvalue weighted by Gasteiger charge is -2.48. The van der Waals surface area contributed by atoms with Crippen LogP contribution in [-0.4, -0.2) is 17.0 Å². The van der Waals surface area contributed by atoms with Crippen LogP contribution < -0.4 is 5.32 Å². The van der Waals surface area contributed by atoms with Crippen LogP contribution in [-0.2, 0) is 9.59 Å². The van der Waals surface area contributed by atoms with Crippen molar-refractivity contribution in [1.82, 2.24) is 0 Å². The number of fused-ring (bicyclic) bond motifs is 1. The van der Waals surface area contributed by atoms with E-state index in [2.05, 4.69) is 5.32 Å². The fourth-order valence-electron chi connectivity index (χ4n) is 5.09. The van der Waals surface area contributed by atoms with Gasteiger partial charge in [-0.15, -0.1) is 0 Å². The Bertz CT molecular complexity index is 1150. The summed E-state index contributed by atoms with van der Waals surface area (Å²) >= 11 is 12.1. The average Bonchev–Trinajstić information content (AvgIpc) is 2.75. The molecule has 0 unspecified atom stereocenters. The molecule has 0 heterocycles. The van der Waals surface area contributed by atoms with Gasteiger partial charge in [-0.25, -0.2) is 0 Å². The van der Waals surface area contributed by atoms with Crippen molar-refractivity contribution in [2.75, 3.05) is 5.32 Å². The number of hydrogen-bond acceptors (Lipinski definition) is 2. The third-order valence-corrected chi connectivity index (χ3v) is 6.95. The molecular weight excluding hydrogens is 421 g/mol. The summed E-state index contributed by atoms with van der Waals surface area (Å²) in [4.78, 5) is 25.8. The first-order chi connectivity index (χ1) is 14.5. The second-order valence-electron chi connectivity index (χ2n) is 7.72. The minimum Gasteiger partial charge on any atom is -0.481 e. The molecule has 4 nitrogen and oxygen atoms in total. The number of carboxylic acids is 1. The van der Waals surface area contributed by atoms with Gasteiger partial charge in [0.1, 0.15) is 0 Å². The SMILES string of the molecule is O=C(Nc1ccc(Cl)c(Cl)c1)[C@@H]1C2c3ccccc3C(c3ccccc32)[C@@H]1C(=O)O. The van der Waals surface area contributed by atoms with E-state index >= 15 is 0 Å². The number of benzene rings is 3. The van der Waals surface area contributed by atoms with E-state index in [0.717, 1.165) is 22.3 Å². The molecule has 2 bridgehead atoms. The highest BCUT2D eigenvalue weighted by Gasteiger charge is 2.55. The minimum atomic E-state index is -0.969. The molecule has 2 atom stereocenters. The zero-order chi connectivity index (χ0) is 21.0. The summed E-state index contributed by atoms with van der Waals surface area (Å²) in [5.41, 5.74) is 4.52. The smallest absolute Gasteiger partial charge is 0.308 e. The number of carbonyl (C=O) groups excluding carboxylic acids is 1. The predicted molar refractivity (Wildman–Crippen MR) is 116 cm³/mol. The van der Waals surface area contributed by atoms with E-state index in [0.29, 0.717) is 15.7 Å². The molecule has 3 aliphatic rings. The molecule has 0 saturated carbocycles. The van der Waals surface area contributed by atoms with Gasteiger partial charge < -0.3 is 10.4 Å². The molecule has 2 N–H and O–H groups in total. The van der Waals surface area contributed by atoms with Gasteiger partial charge >= 0.3 is 5.97 Å². The van der Waals surface area contributed by atoms with Crippen LogP contribution in [0.4, 0.5) is 5.69 Å². The van der Waals surface area contributed by atoms with E-state index in [9.17, 15) is 14.7 Å². The number of halogens is 2. The van der Waals surface area contributed by atoms with Gasteiger partial charge in [0, 0.05) is 17.5 Å². The molecule has 0 spiro atoms. The number of hydrogen-bond donors (Lipinski definition) is 2. The minimum absolute atomic E-state index is 0.324. The normalized spacial score (nSPS) is 23.4. The van der Waals surface area contributed by atoms with Gasteiger partial charge in [0.25, 0.3) is 0 Å². The Morgan fingerprint density at radius 3 is 1.70 bits per heavy atom. The van der Waals surface area contributed by atoms with Crippen LogP contribution in [0.2, 0.25) is 10.0 Å². The third-order valence-electron chi connectivity index (χ3n) is 6.21. The molecule has 6 rings (SSSR count). The summed E-state index contributed by atoms with van der Waals surface area (Å²) in [5.74, 6) is -3.60. The molecule has 0 fully saturated rings. The van der Waals surface area contributed by atoms with Crippen LogP contribution in [0.25, 0.3) is 0 Å². The van der Waals surface area contributed by atoms with Gasteiger partial charge in [0.05, 0.1) is 21.9 Å². The van der Waals surface area contributed by atoms with E-state index in [1.807, 2.05) is 48.5 Å². The molecule has 0 radical (unpaired) electrons. The third kappa shape index (κ3) is 2.83. The van der Waals surface area contributed by atoms with Gasteiger partial charge in [-0.05, 0) is 40.5 Å². The lowest BCUT2D eigenvalue weighted by Crippen LogP contribution is -2.48. The second kappa shape index (κ2) is 7.15. The van der Waals surface area contributed by atoms with Crippen LogP contribution in [0.5, 0.6) is 0 Å². The van der Waals surface area contributed by atoms with Crippen molar-refractivity contribution in [3.8, 4) is 0 Å². The maximum Gasteiger partial charge on any atom is 0.308 e. The highest BCUT2D eigenvalue weighted by atomic mass is 35.5. The average molecular weight is 438 g/mol. The van der Waals surface area contributed by atoms with Gasteiger partial charge in [0.2, 0.25) is 5.91 Å². The van der Waals surface area contributed by atoms with Crippen LogP contribution >= 0.6 is 23.2 Å². The highest BCUT2D eigenvalue weighted by molar-refractivity contribution is 6.42. The Balaban J connectivity index is 1.63. The predicted octanol–water partition coefficient (Wildman–Crippen LogP) is 5.54. The van der Waals surface area contributed by atoms with Crippen molar-refractivity contribution in [1.29, 1.82) is 0 Å². The van der Waals surface area contributed by atoms with E-state index in [1.54, 1.807) is 18.2 Å². The van der Waals surface area contributed by atoms with Crippen LogP contribution in [0, 0.1) is 11.8 Å². The first kappa shape index (κ1) is 19.2. The van der Waals surface area contributed by atoms with E-state index in [1.165, 1.54) is 0 Å². The number of amides is 1. The lowest BCUT2D eigenvalue weighted by atomic mass is 9.54. The number of aliphatic carboxylic acids is 1. The molecule has 150 valence electrons. The van der Waals surface area contributed by atoms with Crippen LogP contribution in [0.1, 0.15) is 34.1 Å². The number of anilines is 1. The van der Waals surface area contributed by atoms with E-state index < -0.39 is 17.8 Å². The standard InChI is InChI=1S/C24H17Cl2NO3/c25-17-10-9-12(11-18(17)26)27-23(28)21-19-13-5-1-3-7-15(13)20(22(21)24(29)30)16-8-4-2-6-14(16)19/h1-11,19-22H,(H,27,28)(H,29,30)/t19?,20?,21-,22+/m1/s1. The van der Waals surface area contributed by atoms with Crippen LogP contribution in [0.3, 0.4) is 0 Å². The highest BCUT2D eigenvalue weighted by Crippen LogP contribution is 2.58. The fourth-order valence-corrected chi connectivity index (χ4v) is 5.39. The first-order valence-corrected chi connectivity index (χ1v) is 10.4. The molecule has 3 aromatic carbocycles. The van der Waals surface area contributed by atoms with Crippen LogP contribution in [0.15, 0.2) is 66.7 Å². The Morgan fingerprint density at radius 1 is 0.733 bits per heavy atom. The summed E-state index contributed by atoms with van der Waals surface area (Å²) in [6.45, 7) is 0. The summed E-state index contributed by atoms with van der Waals surface area (Å²) in [6.07, 6.45) is 0. The maximum atomic E-state index is 13.4. The van der Waals surface area contributed by atoms with Crippen molar-refractivity contribution in [3.63, 3.8) is 0 Å². The summed E-state index contributed by atoms with van der Waals surface area (Å²) in [6, 6.07) is 20.5. The zero-order valence-electron chi connectivity index (χ0n) is 15.7. The molecule has 0 aliphatic heterocycles. The molecule has 6 heteroatoms. The zero-order valence-corrected chi connectivity index (χ0v) is 17.2. The monoisotopic (exact) mass is 437 g/mol. The summed E-state index contributed by atoms with van der Waals surface area (Å²) < 4.78 is 0. The van der Waals surface area contributed by atoms with Crippen molar-refractivity contribution in [2.45, 2.75) is 11.8 Å². The number of nitrogens with one attached hydrogen (secondary N) is 1. The van der Waals surface area contributed by atoms with Gasteiger partial charge in [0.15, 0.2) is 0 Å². The topological polar surface area (TPSA) is 66.4 Å². The van der Waals surface area contributed by atoms with E-state index in [4.69, 9.17) is 23.2 Å². The quantitative estimate of drug-likeness (QED) is 0.564. The van der Waals surface area contributed by atoms with Crippen molar-refractivity contribution in [2.24, 2.45) is 11.8 Å². The summed E-state index contributed by atoms with van der Waals surface area (Å²) in [5, 5.41) is 13.7. The molecule has 0 aromatic heterocycles. The number of carbonyl (C=O) groups is 2. The fraction of sp³-hybridized carbons (Fsp3) is 0.167. The summed E-state index contributed by atoms with van der Waals surface area (Å²) in [7, 11) is 0. The van der Waals surface area contributed by atoms with E-state index in [-0.39, 0.29) is 17.7 Å². The lowest BCUT2D eigenvalue weighted by molar-refractivity contribution is -0.148. The molecule has 3 aromatic rings. The second-order valence-corrected chi connectivity index (χ2v) is 8.54. The Kier molecular flexibility index (Phi) is 4.57. The maximum absolute atomic E-state index is 13.4. The Labute approximate surface area is 183 Å². The Morgan fingerprint density at radius 2 is 1.23 bits per heavy atom. The number of carboxylic acid groups (broad SMARTS) is 1. The largest absolute Gasteiger partial charge is 0.481 e. The van der Waals surface area contributed by atoms with Gasteiger partial charge in [-0.3, -0.25) is 9.59 Å². The van der Waals surface area contributed by atoms with Crippen molar-refractivity contribution in [3.05, 3.63) is 99.0 Å². The Hall–Kier alpha value is -2.82. The first-order valence-electron chi connectivity index (χ1n) is 9.63. The molecular formula is C24H17Cl2NO3. The van der Waals surface area contributed by atoms with Crippen molar-refractivity contribution >= 4 is 40.8 Å². The van der Waals surface area contributed by atoms with Gasteiger partial charge in [-0.2, -0.15) is 0 Å². The van der Waals surface area contributed by atoms with Gasteiger partial charge in [-0.1, -0.05) is 71.7 Å². The molecule has 1 amide bonds. The molecule has 0 saturated heterocycles. The number of rotatable bonds is 3. The molecule has 30 heavy (non-hydrogen) atoms. The van der Waals surface area contributed by atoms with Crippen molar-refractivity contribution < 1.29 is 14.7 Å².